The first-order valence-corrected chi connectivity index (χ1v) is 3.06. The Morgan fingerprint density at radius 2 is 1.82 bits per heavy atom. The molecule has 0 aliphatic rings. The van der Waals surface area contributed by atoms with Crippen LogP contribution in [0.1, 0.15) is 6.92 Å². The summed E-state index contributed by atoms with van der Waals surface area (Å²) in [5, 5.41) is 3.72. The van der Waals surface area contributed by atoms with Crippen LogP contribution >= 0.6 is 0 Å². The van der Waals surface area contributed by atoms with E-state index in [1.807, 2.05) is 18.2 Å². The van der Waals surface area contributed by atoms with Crippen LogP contribution in [0.25, 0.3) is 5.32 Å². The predicted octanol–water partition coefficient (Wildman–Crippen LogP) is -0.758. The van der Waals surface area contributed by atoms with E-state index in [2.05, 4.69) is 5.32 Å². The Balaban J connectivity index is 0.000001000. The van der Waals surface area contributed by atoms with Gasteiger partial charge in [-0.05, 0) is 6.92 Å². The van der Waals surface area contributed by atoms with Gasteiger partial charge in [0.2, 0.25) is 0 Å². The molecule has 1 rings (SSSR count). The van der Waals surface area contributed by atoms with Gasteiger partial charge in [-0.1, -0.05) is 30.3 Å². The molecule has 0 N–H and O–H groups in total. The van der Waals surface area contributed by atoms with Crippen molar-refractivity contribution in [2.45, 2.75) is 6.92 Å². The molecular weight excluding hydrogens is 149 g/mol. The second kappa shape index (κ2) is 5.35. The van der Waals surface area contributed by atoms with Crippen LogP contribution in [-0.2, 0) is 4.79 Å². The first kappa shape index (κ1) is 10.7. The molecule has 0 aliphatic carbocycles. The molecule has 2 nitrogen and oxygen atoms in total. The summed E-state index contributed by atoms with van der Waals surface area (Å²) in [6.45, 7) is 1.44. The fourth-order valence-corrected chi connectivity index (χ4v) is 0.684. The number of amides is 1. The van der Waals surface area contributed by atoms with Crippen molar-refractivity contribution < 1.29 is 34.4 Å². The van der Waals surface area contributed by atoms with Gasteiger partial charge in [0.25, 0.3) is 0 Å². The number of carbonyl (C=O) groups excluding carboxylic acids is 1. The zero-order valence-corrected chi connectivity index (χ0v) is 8.74. The van der Waals surface area contributed by atoms with Crippen LogP contribution in [0.2, 0.25) is 0 Å². The fraction of sp³-hybridized carbons (Fsp3) is 0.125. The molecule has 0 saturated carbocycles. The molecular formula is C8H8NNaO. The van der Waals surface area contributed by atoms with E-state index in [0.717, 1.165) is 5.69 Å². The molecule has 1 aromatic rings. The van der Waals surface area contributed by atoms with Crippen molar-refractivity contribution in [1.29, 1.82) is 0 Å². The molecule has 52 valence electrons. The largest absolute Gasteiger partial charge is 1.00 e. The Hall–Kier alpha value is -0.310. The summed E-state index contributed by atoms with van der Waals surface area (Å²) in [6, 6.07) is 9.17. The van der Waals surface area contributed by atoms with Crippen LogP contribution in [0.4, 0.5) is 5.69 Å². The molecule has 0 saturated heterocycles. The Morgan fingerprint density at radius 1 is 1.27 bits per heavy atom. The first-order valence-electron chi connectivity index (χ1n) is 3.06. The van der Waals surface area contributed by atoms with Gasteiger partial charge in [0.1, 0.15) is 0 Å². The fourth-order valence-electron chi connectivity index (χ4n) is 0.684. The summed E-state index contributed by atoms with van der Waals surface area (Å²) in [5.41, 5.74) is 0.718. The van der Waals surface area contributed by atoms with Crippen LogP contribution in [0.5, 0.6) is 0 Å². The molecule has 3 heteroatoms. The molecule has 1 amide bonds. The van der Waals surface area contributed by atoms with Gasteiger partial charge in [0, 0.05) is 0 Å². The summed E-state index contributed by atoms with van der Waals surface area (Å²) >= 11 is 0. The number of carbonyl (C=O) groups is 1. The summed E-state index contributed by atoms with van der Waals surface area (Å²) in [7, 11) is 0. The molecule has 0 aromatic heterocycles. The molecule has 0 unspecified atom stereocenters. The van der Waals surface area contributed by atoms with Crippen LogP contribution in [0, 0.1) is 0 Å². The van der Waals surface area contributed by atoms with Crippen LogP contribution in [-0.4, -0.2) is 5.91 Å². The van der Waals surface area contributed by atoms with E-state index in [-0.39, 0.29) is 35.5 Å². The van der Waals surface area contributed by atoms with Crippen LogP contribution in [0.3, 0.4) is 0 Å². The van der Waals surface area contributed by atoms with Crippen molar-refractivity contribution in [1.82, 2.24) is 0 Å². The molecule has 0 bridgehead atoms. The number of hydrogen-bond donors (Lipinski definition) is 0. The Morgan fingerprint density at radius 3 is 2.27 bits per heavy atom. The van der Waals surface area contributed by atoms with E-state index < -0.39 is 0 Å². The summed E-state index contributed by atoms with van der Waals surface area (Å²) < 4.78 is 0. The van der Waals surface area contributed by atoms with Crippen LogP contribution < -0.4 is 29.6 Å². The zero-order valence-electron chi connectivity index (χ0n) is 6.74. The minimum absolute atomic E-state index is 0. The Kier molecular flexibility index (Phi) is 5.20. The SMILES string of the molecule is CC(=O)[N-]c1ccccc1.[Na+]. The summed E-state index contributed by atoms with van der Waals surface area (Å²) in [6.07, 6.45) is 0. The van der Waals surface area contributed by atoms with Gasteiger partial charge in [-0.2, -0.15) is 0 Å². The third-order valence-corrected chi connectivity index (χ3v) is 1.04. The number of para-hydroxylation sites is 1. The second-order valence-electron chi connectivity index (χ2n) is 1.97. The summed E-state index contributed by atoms with van der Waals surface area (Å²) in [4.78, 5) is 10.4. The van der Waals surface area contributed by atoms with Crippen LogP contribution in [0.15, 0.2) is 30.3 Å². The smallest absolute Gasteiger partial charge is 0.627 e. The van der Waals surface area contributed by atoms with Gasteiger partial charge in [0.15, 0.2) is 0 Å². The predicted molar refractivity (Wildman–Crippen MR) is 40.1 cm³/mol. The van der Waals surface area contributed by atoms with Gasteiger partial charge in [-0.3, -0.25) is 0 Å². The van der Waals surface area contributed by atoms with E-state index in [9.17, 15) is 4.79 Å². The average Bonchev–Trinajstić information content (AvgIpc) is 1.88. The maximum absolute atomic E-state index is 10.4. The quantitative estimate of drug-likeness (QED) is 0.493. The number of nitrogens with zero attached hydrogens (tertiary/aromatic N) is 1. The van der Waals surface area contributed by atoms with Crippen molar-refractivity contribution in [2.24, 2.45) is 0 Å². The molecule has 11 heavy (non-hydrogen) atoms. The number of hydrogen-bond acceptors (Lipinski definition) is 1. The molecule has 0 spiro atoms. The topological polar surface area (TPSA) is 31.2 Å². The number of benzene rings is 1. The molecule has 1 aromatic carbocycles. The van der Waals surface area contributed by atoms with Crippen molar-refractivity contribution >= 4 is 11.6 Å². The minimum atomic E-state index is -0.161. The summed E-state index contributed by atoms with van der Waals surface area (Å²) in [5.74, 6) is -0.161. The van der Waals surface area contributed by atoms with Crippen molar-refractivity contribution in [3.05, 3.63) is 35.6 Å². The van der Waals surface area contributed by atoms with E-state index in [1.54, 1.807) is 12.1 Å². The Bertz CT molecular complexity index is 223. The molecule has 0 heterocycles. The van der Waals surface area contributed by atoms with E-state index >= 15 is 0 Å². The molecule has 0 aliphatic heterocycles. The molecule has 0 radical (unpaired) electrons. The van der Waals surface area contributed by atoms with E-state index in [1.165, 1.54) is 6.92 Å². The molecule has 0 fully saturated rings. The van der Waals surface area contributed by atoms with Crippen molar-refractivity contribution in [3.63, 3.8) is 0 Å². The maximum Gasteiger partial charge on any atom is 1.00 e. The third-order valence-electron chi connectivity index (χ3n) is 1.04. The average molecular weight is 157 g/mol. The zero-order chi connectivity index (χ0) is 7.40. The maximum atomic E-state index is 10.4. The third kappa shape index (κ3) is 4.19. The second-order valence-corrected chi connectivity index (χ2v) is 1.97. The van der Waals surface area contributed by atoms with Crippen molar-refractivity contribution in [3.8, 4) is 0 Å². The van der Waals surface area contributed by atoms with Gasteiger partial charge < -0.3 is 10.1 Å². The normalized spacial score (nSPS) is 8.09. The van der Waals surface area contributed by atoms with E-state index in [4.69, 9.17) is 0 Å². The van der Waals surface area contributed by atoms with E-state index in [0.29, 0.717) is 0 Å². The van der Waals surface area contributed by atoms with Crippen molar-refractivity contribution in [2.75, 3.05) is 0 Å². The van der Waals surface area contributed by atoms with Gasteiger partial charge in [-0.15, -0.1) is 5.69 Å². The minimum Gasteiger partial charge on any atom is -0.627 e. The first-order chi connectivity index (χ1) is 4.79. The standard InChI is InChI=1S/C8H9NO.Na/c1-7(10)9-8-5-3-2-4-6-8;/h2-6H,1H3,(H,9,10);/q;+1/p-1. The van der Waals surface area contributed by atoms with Gasteiger partial charge >= 0.3 is 29.6 Å². The van der Waals surface area contributed by atoms with Gasteiger partial charge in [0.05, 0.1) is 5.91 Å². The Labute approximate surface area is 88.3 Å². The van der Waals surface area contributed by atoms with Gasteiger partial charge in [-0.25, -0.2) is 0 Å². The number of rotatable bonds is 1. The molecule has 0 atom stereocenters. The monoisotopic (exact) mass is 157 g/mol.